The van der Waals surface area contributed by atoms with Gasteiger partial charge in [-0.15, -0.1) is 0 Å². The largest absolute Gasteiger partial charge is 0.494 e. The molecule has 0 aromatic heterocycles. The molecule has 3 aromatic carbocycles. The lowest BCUT2D eigenvalue weighted by Crippen LogP contribution is -2.36. The van der Waals surface area contributed by atoms with E-state index in [1.54, 1.807) is 30.3 Å². The number of hydrogen-bond donors (Lipinski definition) is 1. The van der Waals surface area contributed by atoms with Crippen molar-refractivity contribution in [3.05, 3.63) is 89.4 Å². The fraction of sp³-hybridized carbons (Fsp3) is 0.179. The molecular weight excluding hydrogens is 730 g/mol. The van der Waals surface area contributed by atoms with Gasteiger partial charge in [0.05, 0.1) is 18.7 Å². The molecule has 1 aliphatic rings. The summed E-state index contributed by atoms with van der Waals surface area (Å²) in [6.45, 7) is 4.56. The Morgan fingerprint density at radius 2 is 1.66 bits per heavy atom. The third-order valence-corrected chi connectivity index (χ3v) is 7.96. The fourth-order valence-corrected chi connectivity index (χ4v) is 6.54. The summed E-state index contributed by atoms with van der Waals surface area (Å²) < 4.78 is 13.2. The average Bonchev–Trinajstić information content (AvgIpc) is 3.13. The average molecular weight is 754 g/mol. The van der Waals surface area contributed by atoms with Crippen LogP contribution in [-0.4, -0.2) is 35.1 Å². The van der Waals surface area contributed by atoms with Gasteiger partial charge in [-0.2, -0.15) is 0 Å². The smallest absolute Gasteiger partial charge is 0.294 e. The summed E-state index contributed by atoms with van der Waals surface area (Å²) in [4.78, 5) is 39.2. The zero-order chi connectivity index (χ0) is 27.2. The van der Waals surface area contributed by atoms with Crippen molar-refractivity contribution in [3.8, 4) is 11.5 Å². The van der Waals surface area contributed by atoms with Gasteiger partial charge in [0.15, 0.2) is 0 Å². The highest BCUT2D eigenvalue weighted by Gasteiger charge is 2.36. The molecule has 0 bridgehead atoms. The Morgan fingerprint density at radius 1 is 1.00 bits per heavy atom. The highest BCUT2D eigenvalue weighted by molar-refractivity contribution is 14.1. The third-order valence-electron chi connectivity index (χ3n) is 5.45. The zero-order valence-electron chi connectivity index (χ0n) is 20.6. The van der Waals surface area contributed by atoms with Crippen LogP contribution >= 0.6 is 56.9 Å². The molecule has 196 valence electrons. The molecule has 0 unspecified atom stereocenters. The maximum atomic E-state index is 12.9. The number of nitrogens with one attached hydrogen (secondary N) is 1. The van der Waals surface area contributed by atoms with Gasteiger partial charge in [-0.3, -0.25) is 19.3 Å². The topological polar surface area (TPSA) is 84.9 Å². The van der Waals surface area contributed by atoms with E-state index >= 15 is 0 Å². The number of ether oxygens (including phenoxy) is 2. The minimum atomic E-state index is -0.494. The molecule has 1 N–H and O–H groups in total. The van der Waals surface area contributed by atoms with E-state index in [9.17, 15) is 14.4 Å². The molecule has 0 spiro atoms. The van der Waals surface area contributed by atoms with E-state index in [1.807, 2.05) is 38.1 Å². The van der Waals surface area contributed by atoms with Gasteiger partial charge in [0.2, 0.25) is 5.91 Å². The summed E-state index contributed by atoms with van der Waals surface area (Å²) in [6, 6.07) is 18.9. The highest BCUT2D eigenvalue weighted by Crippen LogP contribution is 2.35. The third kappa shape index (κ3) is 7.29. The molecule has 38 heavy (non-hydrogen) atoms. The normalized spacial score (nSPS) is 14.2. The Balaban J connectivity index is 1.40. The number of imide groups is 1. The number of hydrogen-bond acceptors (Lipinski definition) is 6. The van der Waals surface area contributed by atoms with Crippen molar-refractivity contribution >= 4 is 85.8 Å². The number of rotatable bonds is 9. The van der Waals surface area contributed by atoms with E-state index in [-0.39, 0.29) is 11.4 Å². The minimum absolute atomic E-state index is 0.267. The van der Waals surface area contributed by atoms with E-state index in [1.165, 1.54) is 5.56 Å². The molecule has 4 rings (SSSR count). The van der Waals surface area contributed by atoms with E-state index < -0.39 is 17.1 Å². The molecule has 10 heteroatoms. The molecule has 0 aliphatic carbocycles. The molecule has 0 saturated carbocycles. The summed E-state index contributed by atoms with van der Waals surface area (Å²) >= 11 is 5.23. The van der Waals surface area contributed by atoms with Gasteiger partial charge in [-0.1, -0.05) is 29.8 Å². The molecule has 0 atom stereocenters. The molecule has 1 heterocycles. The van der Waals surface area contributed by atoms with Crippen LogP contribution in [0.15, 0.2) is 65.6 Å². The SMILES string of the molecule is CCOc1ccc(NC(=O)CN2C(=O)S/C(=C/c3cc(I)c(OCc4ccc(C)cc4)c(I)c3)C2=O)cc1. The molecule has 1 fully saturated rings. The van der Waals surface area contributed by atoms with Crippen LogP contribution in [0.2, 0.25) is 0 Å². The number of anilines is 1. The first-order valence-electron chi connectivity index (χ1n) is 11.7. The van der Waals surface area contributed by atoms with Gasteiger partial charge in [0.1, 0.15) is 24.7 Å². The van der Waals surface area contributed by atoms with Crippen LogP contribution in [0.1, 0.15) is 23.6 Å². The summed E-state index contributed by atoms with van der Waals surface area (Å²) in [5, 5.41) is 2.23. The number of carbonyl (C=O) groups excluding carboxylic acids is 3. The predicted molar refractivity (Wildman–Crippen MR) is 166 cm³/mol. The van der Waals surface area contributed by atoms with E-state index in [0.29, 0.717) is 24.7 Å². The van der Waals surface area contributed by atoms with E-state index in [4.69, 9.17) is 9.47 Å². The van der Waals surface area contributed by atoms with Crippen molar-refractivity contribution in [2.24, 2.45) is 0 Å². The fourth-order valence-electron chi connectivity index (χ4n) is 3.57. The summed E-state index contributed by atoms with van der Waals surface area (Å²) in [7, 11) is 0. The number of carbonyl (C=O) groups is 3. The van der Waals surface area contributed by atoms with Gasteiger partial charge in [-0.25, -0.2) is 0 Å². The van der Waals surface area contributed by atoms with Gasteiger partial charge in [-0.05, 0) is 124 Å². The molecule has 1 saturated heterocycles. The summed E-state index contributed by atoms with van der Waals surface area (Å²) in [5.41, 5.74) is 3.59. The first kappa shape index (κ1) is 28.4. The number of amides is 3. The monoisotopic (exact) mass is 754 g/mol. The standard InChI is InChI=1S/C28H24I2N2O5S/c1-3-36-21-10-8-20(9-11-21)31-25(33)15-32-27(34)24(38-28(32)35)14-19-12-22(29)26(23(30)13-19)37-16-18-6-4-17(2)5-7-18/h4-14H,3,15-16H2,1-2H3,(H,31,33)/b24-14+. The molecule has 1 aliphatic heterocycles. The molecule has 3 aromatic rings. The Morgan fingerprint density at radius 3 is 2.29 bits per heavy atom. The Kier molecular flexibility index (Phi) is 9.71. The zero-order valence-corrected chi connectivity index (χ0v) is 25.8. The van der Waals surface area contributed by atoms with E-state index in [2.05, 4.69) is 62.6 Å². The number of nitrogens with zero attached hydrogens (tertiary/aromatic N) is 1. The van der Waals surface area contributed by atoms with Gasteiger partial charge < -0.3 is 14.8 Å². The minimum Gasteiger partial charge on any atom is -0.494 e. The second-order valence-corrected chi connectivity index (χ2v) is 11.7. The van der Waals surface area contributed by atoms with Gasteiger partial charge in [0, 0.05) is 5.69 Å². The predicted octanol–water partition coefficient (Wildman–Crippen LogP) is 6.86. The maximum absolute atomic E-state index is 12.9. The van der Waals surface area contributed by atoms with E-state index in [0.717, 1.165) is 40.7 Å². The van der Waals surface area contributed by atoms with Crippen molar-refractivity contribution in [2.75, 3.05) is 18.5 Å². The van der Waals surface area contributed by atoms with Crippen molar-refractivity contribution in [2.45, 2.75) is 20.5 Å². The summed E-state index contributed by atoms with van der Waals surface area (Å²) in [5.74, 6) is 0.503. The van der Waals surface area contributed by atoms with Crippen molar-refractivity contribution in [1.29, 1.82) is 0 Å². The quantitative estimate of drug-likeness (QED) is 0.190. The van der Waals surface area contributed by atoms with Crippen LogP contribution in [0.4, 0.5) is 10.5 Å². The Bertz CT molecular complexity index is 1370. The maximum Gasteiger partial charge on any atom is 0.294 e. The lowest BCUT2D eigenvalue weighted by molar-refractivity contribution is -0.127. The number of halogens is 2. The highest BCUT2D eigenvalue weighted by atomic mass is 127. The van der Waals surface area contributed by atoms with Gasteiger partial charge in [0.25, 0.3) is 11.1 Å². The van der Waals surface area contributed by atoms with Crippen molar-refractivity contribution < 1.29 is 23.9 Å². The second-order valence-electron chi connectivity index (χ2n) is 8.36. The van der Waals surface area contributed by atoms with Crippen LogP contribution in [0.3, 0.4) is 0 Å². The van der Waals surface area contributed by atoms with Crippen LogP contribution < -0.4 is 14.8 Å². The Hall–Kier alpha value is -2.58. The number of benzene rings is 3. The van der Waals surface area contributed by atoms with Crippen LogP contribution in [0.5, 0.6) is 11.5 Å². The van der Waals surface area contributed by atoms with Crippen LogP contribution in [-0.2, 0) is 16.2 Å². The molecule has 3 amide bonds. The molecule has 7 nitrogen and oxygen atoms in total. The number of thioether (sulfide) groups is 1. The Labute approximate surface area is 252 Å². The first-order chi connectivity index (χ1) is 18.2. The van der Waals surface area contributed by atoms with Crippen molar-refractivity contribution in [1.82, 2.24) is 4.90 Å². The summed E-state index contributed by atoms with van der Waals surface area (Å²) in [6.07, 6.45) is 1.67. The lowest BCUT2D eigenvalue weighted by atomic mass is 10.1. The van der Waals surface area contributed by atoms with Crippen molar-refractivity contribution in [3.63, 3.8) is 0 Å². The van der Waals surface area contributed by atoms with Crippen LogP contribution in [0, 0.1) is 14.1 Å². The van der Waals surface area contributed by atoms with Gasteiger partial charge >= 0.3 is 0 Å². The lowest BCUT2D eigenvalue weighted by Gasteiger charge is -2.13. The number of aryl methyl sites for hydroxylation is 1. The molecular formula is C28H24I2N2O5S. The molecule has 0 radical (unpaired) electrons. The second kappa shape index (κ2) is 13.0. The first-order valence-corrected chi connectivity index (χ1v) is 14.7. The van der Waals surface area contributed by atoms with Crippen LogP contribution in [0.25, 0.3) is 6.08 Å².